The van der Waals surface area contributed by atoms with Crippen molar-refractivity contribution in [3.05, 3.63) is 53.9 Å². The molecular weight excluding hydrogens is 294 g/mol. The average molecular weight is 313 g/mol. The average Bonchev–Trinajstić information content (AvgIpc) is 2.54. The fourth-order valence-corrected chi connectivity index (χ4v) is 1.94. The number of benzene rings is 1. The summed E-state index contributed by atoms with van der Waals surface area (Å²) in [4.78, 5) is 28.2. The van der Waals surface area contributed by atoms with Crippen LogP contribution in [0.15, 0.2) is 42.7 Å². The first-order chi connectivity index (χ1) is 11.0. The van der Waals surface area contributed by atoms with Gasteiger partial charge in [-0.2, -0.15) is 0 Å². The fourth-order valence-electron chi connectivity index (χ4n) is 1.94. The Balaban J connectivity index is 2.14. The van der Waals surface area contributed by atoms with Crippen molar-refractivity contribution in [3.8, 4) is 5.75 Å². The highest BCUT2D eigenvalue weighted by molar-refractivity contribution is 6.05. The maximum Gasteiger partial charge on any atom is 0.257 e. The first-order valence-electron chi connectivity index (χ1n) is 7.21. The lowest BCUT2D eigenvalue weighted by molar-refractivity contribution is 0.0942. The Morgan fingerprint density at radius 2 is 1.78 bits per heavy atom. The molecular formula is C17H19N3O3. The van der Waals surface area contributed by atoms with Gasteiger partial charge in [-0.15, -0.1) is 0 Å². The fraction of sp³-hybridized carbons (Fsp3) is 0.235. The van der Waals surface area contributed by atoms with Gasteiger partial charge in [-0.05, 0) is 32.0 Å². The van der Waals surface area contributed by atoms with Crippen molar-refractivity contribution >= 4 is 17.5 Å². The second kappa shape index (κ2) is 7.40. The van der Waals surface area contributed by atoms with Crippen molar-refractivity contribution in [1.29, 1.82) is 0 Å². The lowest BCUT2D eigenvalue weighted by Crippen LogP contribution is -2.30. The van der Waals surface area contributed by atoms with E-state index in [1.807, 2.05) is 13.8 Å². The number of pyridine rings is 1. The normalized spacial score (nSPS) is 10.3. The molecule has 120 valence electrons. The van der Waals surface area contributed by atoms with Crippen LogP contribution in [-0.4, -0.2) is 29.9 Å². The van der Waals surface area contributed by atoms with Crippen molar-refractivity contribution in [2.45, 2.75) is 19.9 Å². The van der Waals surface area contributed by atoms with E-state index >= 15 is 0 Å². The molecule has 1 aromatic carbocycles. The molecule has 0 unspecified atom stereocenters. The molecule has 0 aliphatic rings. The quantitative estimate of drug-likeness (QED) is 0.888. The van der Waals surface area contributed by atoms with E-state index in [2.05, 4.69) is 15.6 Å². The molecule has 1 heterocycles. The number of anilines is 1. The Morgan fingerprint density at radius 1 is 1.09 bits per heavy atom. The Kier molecular flexibility index (Phi) is 5.30. The third-order valence-corrected chi connectivity index (χ3v) is 3.01. The van der Waals surface area contributed by atoms with Crippen LogP contribution in [0, 0.1) is 0 Å². The number of hydrogen-bond donors (Lipinski definition) is 2. The van der Waals surface area contributed by atoms with E-state index in [1.165, 1.54) is 18.5 Å². The molecule has 0 radical (unpaired) electrons. The molecule has 6 nitrogen and oxygen atoms in total. The van der Waals surface area contributed by atoms with Crippen LogP contribution in [0.1, 0.15) is 34.6 Å². The third kappa shape index (κ3) is 4.54. The Labute approximate surface area is 134 Å². The number of amides is 2. The molecule has 2 aromatic rings. The summed E-state index contributed by atoms with van der Waals surface area (Å²) in [5, 5.41) is 5.51. The number of carbonyl (C=O) groups is 2. The Morgan fingerprint density at radius 3 is 2.43 bits per heavy atom. The summed E-state index contributed by atoms with van der Waals surface area (Å²) < 4.78 is 5.11. The first-order valence-corrected chi connectivity index (χ1v) is 7.21. The lowest BCUT2D eigenvalue weighted by atomic mass is 10.1. The van der Waals surface area contributed by atoms with E-state index in [-0.39, 0.29) is 17.9 Å². The predicted molar refractivity (Wildman–Crippen MR) is 87.8 cm³/mol. The minimum absolute atomic E-state index is 0.0109. The zero-order valence-corrected chi connectivity index (χ0v) is 13.3. The molecule has 0 aliphatic heterocycles. The molecule has 2 rings (SSSR count). The smallest absolute Gasteiger partial charge is 0.257 e. The minimum atomic E-state index is -0.343. The van der Waals surface area contributed by atoms with E-state index in [1.54, 1.807) is 31.4 Å². The van der Waals surface area contributed by atoms with Crippen LogP contribution in [0.5, 0.6) is 5.75 Å². The van der Waals surface area contributed by atoms with Crippen LogP contribution >= 0.6 is 0 Å². The summed E-state index contributed by atoms with van der Waals surface area (Å²) in [5.41, 5.74) is 1.26. The van der Waals surface area contributed by atoms with Crippen LogP contribution in [0.25, 0.3) is 0 Å². The standard InChI is InChI=1S/C17H19N3O3/c1-11(2)19-16(21)12-7-13(10-18-9-12)17(22)20-14-5-4-6-15(8-14)23-3/h4-11H,1-3H3,(H,19,21)(H,20,22). The van der Waals surface area contributed by atoms with Crippen LogP contribution in [0.2, 0.25) is 0 Å². The highest BCUT2D eigenvalue weighted by Crippen LogP contribution is 2.17. The van der Waals surface area contributed by atoms with Gasteiger partial charge in [0.2, 0.25) is 0 Å². The number of aromatic nitrogens is 1. The van der Waals surface area contributed by atoms with Gasteiger partial charge in [-0.25, -0.2) is 0 Å². The molecule has 0 bridgehead atoms. The third-order valence-electron chi connectivity index (χ3n) is 3.01. The predicted octanol–water partition coefficient (Wildman–Crippen LogP) is 2.48. The Hall–Kier alpha value is -2.89. The zero-order valence-electron chi connectivity index (χ0n) is 13.3. The largest absolute Gasteiger partial charge is 0.497 e. The van der Waals surface area contributed by atoms with Crippen LogP contribution in [0.3, 0.4) is 0 Å². The molecule has 23 heavy (non-hydrogen) atoms. The van der Waals surface area contributed by atoms with Gasteiger partial charge in [-0.3, -0.25) is 14.6 Å². The molecule has 0 aliphatic carbocycles. The Bertz CT molecular complexity index is 714. The number of nitrogens with one attached hydrogen (secondary N) is 2. The van der Waals surface area contributed by atoms with Crippen molar-refractivity contribution in [1.82, 2.24) is 10.3 Å². The maximum absolute atomic E-state index is 12.3. The van der Waals surface area contributed by atoms with E-state index in [4.69, 9.17) is 4.74 Å². The van der Waals surface area contributed by atoms with Gasteiger partial charge in [0.25, 0.3) is 11.8 Å². The molecule has 0 atom stereocenters. The molecule has 6 heteroatoms. The lowest BCUT2D eigenvalue weighted by Gasteiger charge is -2.10. The van der Waals surface area contributed by atoms with Gasteiger partial charge in [0, 0.05) is 30.2 Å². The van der Waals surface area contributed by atoms with E-state index < -0.39 is 0 Å². The highest BCUT2D eigenvalue weighted by Gasteiger charge is 2.12. The van der Waals surface area contributed by atoms with E-state index in [9.17, 15) is 9.59 Å². The van der Waals surface area contributed by atoms with E-state index in [0.29, 0.717) is 22.6 Å². The summed E-state index contributed by atoms with van der Waals surface area (Å²) in [7, 11) is 1.56. The van der Waals surface area contributed by atoms with Gasteiger partial charge >= 0.3 is 0 Å². The molecule has 0 spiro atoms. The molecule has 0 fully saturated rings. The summed E-state index contributed by atoms with van der Waals surface area (Å²) >= 11 is 0. The number of hydrogen-bond acceptors (Lipinski definition) is 4. The van der Waals surface area contributed by atoms with Crippen molar-refractivity contribution < 1.29 is 14.3 Å². The van der Waals surface area contributed by atoms with Gasteiger partial charge in [0.05, 0.1) is 18.2 Å². The molecule has 0 saturated heterocycles. The van der Waals surface area contributed by atoms with E-state index in [0.717, 1.165) is 0 Å². The molecule has 1 aromatic heterocycles. The van der Waals surface area contributed by atoms with Gasteiger partial charge in [0.1, 0.15) is 5.75 Å². The zero-order chi connectivity index (χ0) is 16.8. The van der Waals surface area contributed by atoms with Crippen LogP contribution < -0.4 is 15.4 Å². The summed E-state index contributed by atoms with van der Waals surface area (Å²) in [6.07, 6.45) is 2.85. The second-order valence-corrected chi connectivity index (χ2v) is 5.28. The molecule has 2 N–H and O–H groups in total. The molecule has 2 amide bonds. The monoisotopic (exact) mass is 313 g/mol. The van der Waals surface area contributed by atoms with Crippen molar-refractivity contribution in [2.24, 2.45) is 0 Å². The number of methoxy groups -OCH3 is 1. The summed E-state index contributed by atoms with van der Waals surface area (Å²) in [6, 6.07) is 8.55. The topological polar surface area (TPSA) is 80.3 Å². The minimum Gasteiger partial charge on any atom is -0.497 e. The summed E-state index contributed by atoms with van der Waals surface area (Å²) in [6.45, 7) is 3.73. The number of nitrogens with zero attached hydrogens (tertiary/aromatic N) is 1. The van der Waals surface area contributed by atoms with Gasteiger partial charge < -0.3 is 15.4 Å². The first kappa shape index (κ1) is 16.5. The highest BCUT2D eigenvalue weighted by atomic mass is 16.5. The van der Waals surface area contributed by atoms with Crippen LogP contribution in [-0.2, 0) is 0 Å². The summed E-state index contributed by atoms with van der Waals surface area (Å²) in [5.74, 6) is 0.0412. The molecule has 0 saturated carbocycles. The number of ether oxygens (including phenoxy) is 1. The second-order valence-electron chi connectivity index (χ2n) is 5.28. The maximum atomic E-state index is 12.3. The van der Waals surface area contributed by atoms with Crippen molar-refractivity contribution in [2.75, 3.05) is 12.4 Å². The van der Waals surface area contributed by atoms with Crippen LogP contribution in [0.4, 0.5) is 5.69 Å². The van der Waals surface area contributed by atoms with Gasteiger partial charge in [-0.1, -0.05) is 6.07 Å². The van der Waals surface area contributed by atoms with Crippen molar-refractivity contribution in [3.63, 3.8) is 0 Å². The number of rotatable bonds is 5. The SMILES string of the molecule is COc1cccc(NC(=O)c2cncc(C(=O)NC(C)C)c2)c1. The van der Waals surface area contributed by atoms with Gasteiger partial charge in [0.15, 0.2) is 0 Å². The number of carbonyl (C=O) groups excluding carboxylic acids is 2.